The number of hydrogen-bond acceptors (Lipinski definition) is 4. The van der Waals surface area contributed by atoms with Crippen LogP contribution in [0, 0.1) is 0 Å². The van der Waals surface area contributed by atoms with Gasteiger partial charge < -0.3 is 10.2 Å². The summed E-state index contributed by atoms with van der Waals surface area (Å²) >= 11 is 5.54. The van der Waals surface area contributed by atoms with E-state index in [9.17, 15) is 0 Å². The van der Waals surface area contributed by atoms with Gasteiger partial charge in [-0.15, -0.1) is 10.2 Å². The van der Waals surface area contributed by atoms with Gasteiger partial charge in [-0.05, 0) is 43.4 Å². The Bertz CT molecular complexity index is 796. The summed E-state index contributed by atoms with van der Waals surface area (Å²) in [7, 11) is 0. The van der Waals surface area contributed by atoms with Gasteiger partial charge >= 0.3 is 0 Å². The van der Waals surface area contributed by atoms with Gasteiger partial charge in [0.05, 0.1) is 0 Å². The second-order valence-corrected chi connectivity index (χ2v) is 8.76. The summed E-state index contributed by atoms with van der Waals surface area (Å²) < 4.78 is 9.48. The Balaban J connectivity index is 1.38. The first-order valence-electron chi connectivity index (χ1n) is 11.6. The summed E-state index contributed by atoms with van der Waals surface area (Å²) in [4.78, 5) is 0. The fourth-order valence-electron chi connectivity index (χ4n) is 3.95. The Kier molecular flexibility index (Phi) is 8.74. The molecule has 1 aliphatic carbocycles. The molecular weight excluding hydrogens is 396 g/mol. The first-order chi connectivity index (χ1) is 14.7. The number of rotatable bonds is 14. The normalized spacial score (nSPS) is 15.5. The Labute approximate surface area is 185 Å². The molecule has 30 heavy (non-hydrogen) atoms. The van der Waals surface area contributed by atoms with Gasteiger partial charge in [0.2, 0.25) is 11.8 Å². The largest absolute Gasteiger partial charge is 0.420 e. The van der Waals surface area contributed by atoms with Crippen LogP contribution in [-0.2, 0) is 11.8 Å². The van der Waals surface area contributed by atoms with Crippen molar-refractivity contribution in [2.24, 2.45) is 10.2 Å². The predicted octanol–water partition coefficient (Wildman–Crippen LogP) is 6.74. The van der Waals surface area contributed by atoms with Crippen LogP contribution in [0.1, 0.15) is 95.4 Å². The van der Waals surface area contributed by atoms with E-state index in [0.29, 0.717) is 17.6 Å². The minimum absolute atomic E-state index is 0.353. The maximum absolute atomic E-state index is 5.91. The summed E-state index contributed by atoms with van der Waals surface area (Å²) in [5, 5.41) is 8.38. The molecule has 0 unspecified atom stereocenters. The van der Waals surface area contributed by atoms with Crippen LogP contribution in [0.4, 0.5) is 0 Å². The average Bonchev–Trinajstić information content (AvgIpc) is 3.44. The molecule has 2 N–H and O–H groups in total. The van der Waals surface area contributed by atoms with Gasteiger partial charge in [0.1, 0.15) is 11.3 Å². The Hall–Kier alpha value is -1.88. The van der Waals surface area contributed by atoms with E-state index in [1.165, 1.54) is 69.8 Å². The number of benzene rings is 1. The highest BCUT2D eigenvalue weighted by atomic mass is 35.5. The van der Waals surface area contributed by atoms with Crippen molar-refractivity contribution in [2.75, 3.05) is 0 Å². The number of hydrogen-bond donors (Lipinski definition) is 1. The lowest BCUT2D eigenvalue weighted by Gasteiger charge is -2.07. The molecule has 0 radical (unpaired) electrons. The molecule has 0 spiro atoms. The number of amidine groups is 1. The van der Waals surface area contributed by atoms with Gasteiger partial charge in [-0.3, -0.25) is 0 Å². The standard InChI is InChI=1S/C24H35ClN4O/c1-2-3-4-5-6-7-8-9-10-11-12-19-13-15-20(16-14-19)21-28-29-23(30-21)24(17-18-24)22(26)27-25/h13-16H,2-12,17-18H2,1H3,(H2,26,27). The van der Waals surface area contributed by atoms with Crippen LogP contribution >= 0.6 is 11.8 Å². The molecule has 164 valence electrons. The minimum Gasteiger partial charge on any atom is -0.420 e. The third-order valence-corrected chi connectivity index (χ3v) is 6.37. The fraction of sp³-hybridized carbons (Fsp3) is 0.625. The maximum Gasteiger partial charge on any atom is 0.247 e. The van der Waals surface area contributed by atoms with Crippen LogP contribution in [0.5, 0.6) is 0 Å². The molecule has 0 atom stereocenters. The van der Waals surface area contributed by atoms with E-state index in [0.717, 1.165) is 24.8 Å². The summed E-state index contributed by atoms with van der Waals surface area (Å²) in [6.07, 6.45) is 16.5. The van der Waals surface area contributed by atoms with Crippen molar-refractivity contribution < 1.29 is 4.42 Å². The molecule has 1 aliphatic rings. The number of nitrogens with two attached hydrogens (primary N) is 1. The molecule has 1 aromatic carbocycles. The zero-order valence-electron chi connectivity index (χ0n) is 18.2. The van der Waals surface area contributed by atoms with Gasteiger partial charge in [-0.2, -0.15) is 4.51 Å². The first kappa shape index (κ1) is 22.8. The highest BCUT2D eigenvalue weighted by Gasteiger charge is 2.53. The summed E-state index contributed by atoms with van der Waals surface area (Å²) in [6.45, 7) is 2.27. The van der Waals surface area contributed by atoms with E-state index >= 15 is 0 Å². The SMILES string of the molecule is CCCCCCCCCCCCc1ccc(-c2nnc(C3(/C(N)=N/Cl)CC3)o2)cc1. The highest BCUT2D eigenvalue weighted by Crippen LogP contribution is 2.48. The molecule has 1 heterocycles. The van der Waals surface area contributed by atoms with Gasteiger partial charge in [0.15, 0.2) is 0 Å². The van der Waals surface area contributed by atoms with Crippen LogP contribution in [0.2, 0.25) is 0 Å². The maximum atomic E-state index is 5.91. The fourth-order valence-corrected chi connectivity index (χ4v) is 4.11. The average molecular weight is 431 g/mol. The van der Waals surface area contributed by atoms with E-state index in [1.807, 2.05) is 0 Å². The van der Waals surface area contributed by atoms with E-state index in [2.05, 4.69) is 45.9 Å². The third-order valence-electron chi connectivity index (χ3n) is 6.19. The monoisotopic (exact) mass is 430 g/mol. The van der Waals surface area contributed by atoms with Crippen molar-refractivity contribution in [3.05, 3.63) is 35.7 Å². The summed E-state index contributed by atoms with van der Waals surface area (Å²) in [5.41, 5.74) is 7.74. The van der Waals surface area contributed by atoms with Gasteiger partial charge in [0, 0.05) is 17.3 Å². The van der Waals surface area contributed by atoms with E-state index in [1.54, 1.807) is 0 Å². The van der Waals surface area contributed by atoms with Gasteiger partial charge in [-0.1, -0.05) is 76.8 Å². The molecule has 2 aromatic rings. The predicted molar refractivity (Wildman–Crippen MR) is 124 cm³/mol. The van der Waals surface area contributed by atoms with Crippen LogP contribution in [0.25, 0.3) is 11.5 Å². The molecule has 0 bridgehead atoms. The van der Waals surface area contributed by atoms with Crippen molar-refractivity contribution in [3.63, 3.8) is 0 Å². The smallest absolute Gasteiger partial charge is 0.247 e. The van der Waals surface area contributed by atoms with E-state index in [-0.39, 0.29) is 0 Å². The quantitative estimate of drug-likeness (QED) is 0.204. The van der Waals surface area contributed by atoms with Crippen LogP contribution in [0.3, 0.4) is 0 Å². The number of halogens is 1. The molecule has 1 saturated carbocycles. The van der Waals surface area contributed by atoms with Crippen molar-refractivity contribution in [1.82, 2.24) is 10.2 Å². The molecular formula is C24H35ClN4O. The Morgan fingerprint density at radius 1 is 0.967 bits per heavy atom. The van der Waals surface area contributed by atoms with Crippen molar-refractivity contribution in [3.8, 4) is 11.5 Å². The number of aryl methyl sites for hydroxylation is 1. The van der Waals surface area contributed by atoms with Crippen molar-refractivity contribution >= 4 is 17.6 Å². The Morgan fingerprint density at radius 2 is 1.57 bits per heavy atom. The summed E-state index contributed by atoms with van der Waals surface area (Å²) in [5.74, 6) is 1.38. The lowest BCUT2D eigenvalue weighted by Crippen LogP contribution is -2.28. The molecule has 1 fully saturated rings. The zero-order valence-corrected chi connectivity index (χ0v) is 19.0. The number of aromatic nitrogens is 2. The van der Waals surface area contributed by atoms with Crippen molar-refractivity contribution in [2.45, 2.75) is 95.8 Å². The second kappa shape index (κ2) is 11.5. The second-order valence-electron chi connectivity index (χ2n) is 8.59. The van der Waals surface area contributed by atoms with Crippen molar-refractivity contribution in [1.29, 1.82) is 0 Å². The van der Waals surface area contributed by atoms with Gasteiger partial charge in [-0.25, -0.2) is 0 Å². The van der Waals surface area contributed by atoms with Crippen LogP contribution in [-0.4, -0.2) is 16.0 Å². The number of nitrogens with zero attached hydrogens (tertiary/aromatic N) is 3. The zero-order chi connectivity index (χ0) is 21.2. The molecule has 0 aliphatic heterocycles. The Morgan fingerprint density at radius 3 is 2.13 bits per heavy atom. The lowest BCUT2D eigenvalue weighted by atomic mass is 10.0. The third kappa shape index (κ3) is 6.07. The molecule has 6 heteroatoms. The topological polar surface area (TPSA) is 77.3 Å². The van der Waals surface area contributed by atoms with E-state index in [4.69, 9.17) is 21.9 Å². The van der Waals surface area contributed by atoms with E-state index < -0.39 is 5.41 Å². The molecule has 0 amide bonds. The molecule has 0 saturated heterocycles. The van der Waals surface area contributed by atoms with Crippen LogP contribution < -0.4 is 5.73 Å². The minimum atomic E-state index is -0.456. The first-order valence-corrected chi connectivity index (χ1v) is 11.9. The highest BCUT2D eigenvalue weighted by molar-refractivity contribution is 6.21. The summed E-state index contributed by atoms with van der Waals surface area (Å²) in [6, 6.07) is 8.44. The molecule has 5 nitrogen and oxygen atoms in total. The van der Waals surface area contributed by atoms with Crippen LogP contribution in [0.15, 0.2) is 33.2 Å². The number of unbranched alkanes of at least 4 members (excludes halogenated alkanes) is 9. The molecule has 1 aromatic heterocycles. The molecule has 3 rings (SSSR count). The lowest BCUT2D eigenvalue weighted by molar-refractivity contribution is 0.486. The van der Waals surface area contributed by atoms with Gasteiger partial charge in [0.25, 0.3) is 0 Å².